The minimum absolute atomic E-state index is 0.0444. The van der Waals surface area contributed by atoms with E-state index in [4.69, 9.17) is 28.5 Å². The van der Waals surface area contributed by atoms with Gasteiger partial charge in [-0.2, -0.15) is 5.26 Å². The first-order chi connectivity index (χ1) is 11.1. The number of nitriles is 1. The summed E-state index contributed by atoms with van der Waals surface area (Å²) in [5, 5.41) is 15.8. The van der Waals surface area contributed by atoms with Gasteiger partial charge in [0, 0.05) is 28.5 Å². The molecule has 2 aromatic rings. The van der Waals surface area contributed by atoms with E-state index >= 15 is 0 Å². The second-order valence-corrected chi connectivity index (χ2v) is 5.45. The summed E-state index contributed by atoms with van der Waals surface area (Å²) in [7, 11) is 0. The van der Waals surface area contributed by atoms with Gasteiger partial charge in [0.25, 0.3) is 5.91 Å². The Balaban J connectivity index is 2.00. The second-order valence-electron chi connectivity index (χ2n) is 4.61. The first-order valence-corrected chi connectivity index (χ1v) is 7.49. The minimum Gasteiger partial charge on any atom is -0.386 e. The molecule has 4 nitrogen and oxygen atoms in total. The van der Waals surface area contributed by atoms with Crippen molar-refractivity contribution in [3.63, 3.8) is 0 Å². The van der Waals surface area contributed by atoms with Crippen LogP contribution in [0.25, 0.3) is 0 Å². The van der Waals surface area contributed by atoms with Crippen LogP contribution < -0.4 is 10.6 Å². The van der Waals surface area contributed by atoms with Gasteiger partial charge in [-0.15, -0.1) is 0 Å². The van der Waals surface area contributed by atoms with E-state index < -0.39 is 5.91 Å². The number of amides is 1. The molecule has 2 N–H and O–H groups in total. The van der Waals surface area contributed by atoms with E-state index in [1.165, 1.54) is 6.20 Å². The van der Waals surface area contributed by atoms with Crippen LogP contribution in [0.5, 0.6) is 0 Å². The Morgan fingerprint density at radius 2 is 1.96 bits per heavy atom. The van der Waals surface area contributed by atoms with Crippen molar-refractivity contribution in [1.29, 1.82) is 5.26 Å². The largest absolute Gasteiger partial charge is 0.386 e. The lowest BCUT2D eigenvalue weighted by Crippen LogP contribution is -2.16. The van der Waals surface area contributed by atoms with Gasteiger partial charge in [0.2, 0.25) is 0 Å². The highest BCUT2D eigenvalue weighted by atomic mass is 35.5. The normalized spacial score (nSPS) is 10.7. The zero-order valence-electron chi connectivity index (χ0n) is 12.0. The second kappa shape index (κ2) is 8.23. The topological polar surface area (TPSA) is 64.9 Å². The molecule has 116 valence electrons. The highest BCUT2D eigenvalue weighted by Gasteiger charge is 2.09. The summed E-state index contributed by atoms with van der Waals surface area (Å²) in [5.74, 6) is -0.513. The molecule has 0 saturated carbocycles. The standard InChI is InChI=1S/C17H13Cl2N3O/c18-14-5-3-6-15(8-14)22-17(23)13(9-20)11-21-10-12-4-1-2-7-16(12)19/h1-8,11,21H,10H2,(H,22,23)/b13-11-. The van der Waals surface area contributed by atoms with E-state index in [-0.39, 0.29) is 5.57 Å². The molecule has 0 aromatic heterocycles. The van der Waals surface area contributed by atoms with Crippen molar-refractivity contribution in [3.8, 4) is 6.07 Å². The zero-order chi connectivity index (χ0) is 16.7. The van der Waals surface area contributed by atoms with Crippen LogP contribution in [-0.4, -0.2) is 5.91 Å². The van der Waals surface area contributed by atoms with Crippen LogP contribution in [-0.2, 0) is 11.3 Å². The van der Waals surface area contributed by atoms with Crippen molar-refractivity contribution >= 4 is 34.8 Å². The van der Waals surface area contributed by atoms with Gasteiger partial charge in [-0.05, 0) is 29.8 Å². The highest BCUT2D eigenvalue weighted by molar-refractivity contribution is 6.31. The first-order valence-electron chi connectivity index (χ1n) is 6.74. The number of hydrogen-bond donors (Lipinski definition) is 2. The molecule has 0 heterocycles. The fourth-order valence-electron chi connectivity index (χ4n) is 1.82. The molecule has 0 aliphatic carbocycles. The molecule has 0 saturated heterocycles. The molecule has 23 heavy (non-hydrogen) atoms. The summed E-state index contributed by atoms with van der Waals surface area (Å²) in [4.78, 5) is 12.1. The van der Waals surface area contributed by atoms with Gasteiger partial charge >= 0.3 is 0 Å². The van der Waals surface area contributed by atoms with Crippen molar-refractivity contribution in [2.75, 3.05) is 5.32 Å². The van der Waals surface area contributed by atoms with E-state index in [1.807, 2.05) is 24.3 Å². The van der Waals surface area contributed by atoms with Gasteiger partial charge in [0.05, 0.1) is 0 Å². The SMILES string of the molecule is N#C/C(=C/NCc1ccccc1Cl)C(=O)Nc1cccc(Cl)c1. The van der Waals surface area contributed by atoms with Crippen LogP contribution in [0.2, 0.25) is 10.0 Å². The van der Waals surface area contributed by atoms with E-state index in [9.17, 15) is 4.79 Å². The van der Waals surface area contributed by atoms with Gasteiger partial charge in [0.1, 0.15) is 11.6 Å². The molecule has 2 rings (SSSR count). The van der Waals surface area contributed by atoms with Crippen molar-refractivity contribution in [1.82, 2.24) is 5.32 Å². The molecule has 0 fully saturated rings. The molecule has 0 bridgehead atoms. The van der Waals surface area contributed by atoms with Gasteiger partial charge in [-0.3, -0.25) is 4.79 Å². The van der Waals surface area contributed by atoms with Gasteiger partial charge < -0.3 is 10.6 Å². The van der Waals surface area contributed by atoms with E-state index in [0.29, 0.717) is 22.3 Å². The number of carbonyl (C=O) groups excluding carboxylic acids is 1. The maximum Gasteiger partial charge on any atom is 0.267 e. The summed E-state index contributed by atoms with van der Waals surface area (Å²) in [6.45, 7) is 0.412. The molecule has 0 spiro atoms. The van der Waals surface area contributed by atoms with Gasteiger partial charge in [0.15, 0.2) is 0 Å². The number of hydrogen-bond acceptors (Lipinski definition) is 3. The van der Waals surface area contributed by atoms with Crippen molar-refractivity contribution in [2.24, 2.45) is 0 Å². The molecular formula is C17H13Cl2N3O. The van der Waals surface area contributed by atoms with Crippen LogP contribution in [0.4, 0.5) is 5.69 Å². The van der Waals surface area contributed by atoms with E-state index in [0.717, 1.165) is 5.56 Å². The maximum absolute atomic E-state index is 12.1. The molecule has 0 aliphatic rings. The smallest absolute Gasteiger partial charge is 0.267 e. The Kier molecular flexibility index (Phi) is 6.04. The lowest BCUT2D eigenvalue weighted by molar-refractivity contribution is -0.112. The number of rotatable bonds is 5. The predicted molar refractivity (Wildman–Crippen MR) is 92.1 cm³/mol. The van der Waals surface area contributed by atoms with E-state index in [1.54, 1.807) is 30.3 Å². The monoisotopic (exact) mass is 345 g/mol. The third-order valence-electron chi connectivity index (χ3n) is 2.94. The lowest BCUT2D eigenvalue weighted by Gasteiger charge is -2.06. The molecule has 0 aliphatic heterocycles. The fraction of sp³-hybridized carbons (Fsp3) is 0.0588. The number of benzene rings is 2. The summed E-state index contributed by atoms with van der Waals surface area (Å²) in [6.07, 6.45) is 1.36. The predicted octanol–water partition coefficient (Wildman–Crippen LogP) is 4.13. The Labute approximate surface area is 144 Å². The Bertz CT molecular complexity index is 781. The van der Waals surface area contributed by atoms with Gasteiger partial charge in [-0.25, -0.2) is 0 Å². The Morgan fingerprint density at radius 3 is 2.65 bits per heavy atom. The molecule has 6 heteroatoms. The third-order valence-corrected chi connectivity index (χ3v) is 3.55. The molecule has 0 atom stereocenters. The number of carbonyl (C=O) groups is 1. The van der Waals surface area contributed by atoms with Crippen LogP contribution in [0.3, 0.4) is 0 Å². The van der Waals surface area contributed by atoms with Gasteiger partial charge in [-0.1, -0.05) is 47.5 Å². The number of anilines is 1. The summed E-state index contributed by atoms with van der Waals surface area (Å²) >= 11 is 11.9. The zero-order valence-corrected chi connectivity index (χ0v) is 13.5. The quantitative estimate of drug-likeness (QED) is 0.632. The van der Waals surface area contributed by atoms with E-state index in [2.05, 4.69) is 10.6 Å². The number of nitrogens with one attached hydrogen (secondary N) is 2. The van der Waals surface area contributed by atoms with Crippen molar-refractivity contribution in [3.05, 3.63) is 75.9 Å². The van der Waals surface area contributed by atoms with Crippen molar-refractivity contribution in [2.45, 2.75) is 6.54 Å². The molecule has 2 aromatic carbocycles. The maximum atomic E-state index is 12.1. The molecule has 0 unspecified atom stereocenters. The van der Waals surface area contributed by atoms with Crippen LogP contribution in [0.15, 0.2) is 60.3 Å². The molecule has 0 radical (unpaired) electrons. The number of nitrogens with zero attached hydrogens (tertiary/aromatic N) is 1. The Hall–Kier alpha value is -2.48. The van der Waals surface area contributed by atoms with Crippen LogP contribution in [0.1, 0.15) is 5.56 Å². The highest BCUT2D eigenvalue weighted by Crippen LogP contribution is 2.16. The van der Waals surface area contributed by atoms with Crippen LogP contribution >= 0.6 is 23.2 Å². The summed E-state index contributed by atoms with van der Waals surface area (Å²) in [6, 6.07) is 15.9. The summed E-state index contributed by atoms with van der Waals surface area (Å²) in [5.41, 5.74) is 1.35. The minimum atomic E-state index is -0.513. The van der Waals surface area contributed by atoms with Crippen molar-refractivity contribution < 1.29 is 4.79 Å². The van der Waals surface area contributed by atoms with Crippen LogP contribution in [0, 0.1) is 11.3 Å². The first kappa shape index (κ1) is 16.9. The summed E-state index contributed by atoms with van der Waals surface area (Å²) < 4.78 is 0. The average Bonchev–Trinajstić information content (AvgIpc) is 2.53. The number of halogens is 2. The fourth-order valence-corrected chi connectivity index (χ4v) is 2.21. The lowest BCUT2D eigenvalue weighted by atomic mass is 10.2. The molecular weight excluding hydrogens is 333 g/mol. The average molecular weight is 346 g/mol. The third kappa shape index (κ3) is 5.03. The Morgan fingerprint density at radius 1 is 1.17 bits per heavy atom. The molecule has 1 amide bonds.